The van der Waals surface area contributed by atoms with Crippen molar-refractivity contribution in [2.24, 2.45) is 0 Å². The smallest absolute Gasteiger partial charge is 0.265 e. The number of amides is 1. The van der Waals surface area contributed by atoms with Gasteiger partial charge in [0.05, 0.1) is 0 Å². The van der Waals surface area contributed by atoms with Crippen molar-refractivity contribution in [3.05, 3.63) is 71.8 Å². The fourth-order valence-corrected chi connectivity index (χ4v) is 3.11. The number of ether oxygens (including phenoxy) is 1. The molecule has 0 aromatic heterocycles. The minimum absolute atomic E-state index is 0.144. The summed E-state index contributed by atoms with van der Waals surface area (Å²) in [5.74, 6) is 0.910. The Morgan fingerprint density at radius 1 is 0.923 bits per heavy atom. The van der Waals surface area contributed by atoms with Crippen LogP contribution in [-0.2, 0) is 4.79 Å². The van der Waals surface area contributed by atoms with Gasteiger partial charge in [-0.2, -0.15) is 0 Å². The van der Waals surface area contributed by atoms with Crippen LogP contribution in [0, 0.1) is 6.92 Å². The highest BCUT2D eigenvalue weighted by molar-refractivity contribution is 5.96. The van der Waals surface area contributed by atoms with Crippen LogP contribution in [0.5, 0.6) is 5.75 Å². The molecule has 1 amide bonds. The fraction of sp³-hybridized carbons (Fsp3) is 0.261. The van der Waals surface area contributed by atoms with Crippen LogP contribution >= 0.6 is 0 Å². The molecule has 0 saturated carbocycles. The standard InChI is InChI=1S/C23H25NO2/c1-15(2)19-13-7-9-16(3)22(19)24-23(25)17(4)26-21-14-8-11-18-10-5-6-12-20(18)21/h5-15,17H,1-4H3,(H,24,25). The number of benzene rings is 3. The second-order valence-corrected chi connectivity index (χ2v) is 6.92. The van der Waals surface area contributed by atoms with Crippen molar-refractivity contribution < 1.29 is 9.53 Å². The van der Waals surface area contributed by atoms with Crippen LogP contribution in [-0.4, -0.2) is 12.0 Å². The average molecular weight is 347 g/mol. The number of hydrogen-bond donors (Lipinski definition) is 1. The number of rotatable bonds is 5. The summed E-state index contributed by atoms with van der Waals surface area (Å²) in [6.45, 7) is 8.04. The largest absolute Gasteiger partial charge is 0.480 e. The van der Waals surface area contributed by atoms with Gasteiger partial charge in [0.15, 0.2) is 6.10 Å². The van der Waals surface area contributed by atoms with Gasteiger partial charge in [-0.1, -0.05) is 68.4 Å². The molecule has 0 aliphatic heterocycles. The maximum atomic E-state index is 12.7. The molecule has 0 fully saturated rings. The van der Waals surface area contributed by atoms with Gasteiger partial charge in [0.2, 0.25) is 0 Å². The van der Waals surface area contributed by atoms with E-state index in [-0.39, 0.29) is 5.91 Å². The molecule has 0 heterocycles. The molecule has 1 N–H and O–H groups in total. The van der Waals surface area contributed by atoms with Crippen LogP contribution in [0.2, 0.25) is 0 Å². The topological polar surface area (TPSA) is 38.3 Å². The molecule has 1 unspecified atom stereocenters. The molecule has 3 nitrogen and oxygen atoms in total. The molecule has 0 spiro atoms. The number of nitrogens with one attached hydrogen (secondary N) is 1. The highest BCUT2D eigenvalue weighted by Gasteiger charge is 2.19. The van der Waals surface area contributed by atoms with Crippen molar-refractivity contribution in [2.75, 3.05) is 5.32 Å². The Hall–Kier alpha value is -2.81. The molecule has 3 aromatic carbocycles. The zero-order valence-electron chi connectivity index (χ0n) is 15.7. The lowest BCUT2D eigenvalue weighted by atomic mass is 9.98. The number of carbonyl (C=O) groups excluding carboxylic acids is 1. The molecular formula is C23H25NO2. The van der Waals surface area contributed by atoms with Gasteiger partial charge in [-0.25, -0.2) is 0 Å². The summed E-state index contributed by atoms with van der Waals surface area (Å²) in [7, 11) is 0. The average Bonchev–Trinajstić information content (AvgIpc) is 2.63. The van der Waals surface area contributed by atoms with Crippen LogP contribution in [0.4, 0.5) is 5.69 Å². The molecule has 0 aliphatic carbocycles. The van der Waals surface area contributed by atoms with E-state index in [9.17, 15) is 4.79 Å². The van der Waals surface area contributed by atoms with Gasteiger partial charge in [0.25, 0.3) is 5.91 Å². The lowest BCUT2D eigenvalue weighted by Crippen LogP contribution is -2.31. The van der Waals surface area contributed by atoms with E-state index in [0.29, 0.717) is 5.92 Å². The van der Waals surface area contributed by atoms with E-state index in [1.807, 2.05) is 61.5 Å². The lowest BCUT2D eigenvalue weighted by Gasteiger charge is -2.20. The first-order valence-electron chi connectivity index (χ1n) is 9.02. The zero-order chi connectivity index (χ0) is 18.7. The summed E-state index contributed by atoms with van der Waals surface area (Å²) in [4.78, 5) is 12.7. The maximum absolute atomic E-state index is 12.7. The van der Waals surface area contributed by atoms with E-state index >= 15 is 0 Å². The van der Waals surface area contributed by atoms with E-state index in [1.165, 1.54) is 0 Å². The van der Waals surface area contributed by atoms with Crippen LogP contribution in [0.1, 0.15) is 37.8 Å². The zero-order valence-corrected chi connectivity index (χ0v) is 15.7. The van der Waals surface area contributed by atoms with Gasteiger partial charge in [-0.15, -0.1) is 0 Å². The quantitative estimate of drug-likeness (QED) is 0.645. The first-order valence-corrected chi connectivity index (χ1v) is 9.02. The third kappa shape index (κ3) is 3.72. The van der Waals surface area contributed by atoms with Gasteiger partial charge in [-0.3, -0.25) is 4.79 Å². The number of para-hydroxylation sites is 1. The van der Waals surface area contributed by atoms with E-state index in [4.69, 9.17) is 4.74 Å². The Morgan fingerprint density at radius 2 is 1.62 bits per heavy atom. The fourth-order valence-electron chi connectivity index (χ4n) is 3.11. The highest BCUT2D eigenvalue weighted by atomic mass is 16.5. The molecule has 3 rings (SSSR count). The summed E-state index contributed by atoms with van der Waals surface area (Å²) >= 11 is 0. The summed E-state index contributed by atoms with van der Waals surface area (Å²) in [5, 5.41) is 5.17. The Labute approximate surface area is 155 Å². The van der Waals surface area contributed by atoms with Gasteiger partial charge in [-0.05, 0) is 42.3 Å². The third-order valence-electron chi connectivity index (χ3n) is 4.60. The lowest BCUT2D eigenvalue weighted by molar-refractivity contribution is -0.122. The maximum Gasteiger partial charge on any atom is 0.265 e. The second-order valence-electron chi connectivity index (χ2n) is 6.92. The SMILES string of the molecule is Cc1cccc(C(C)C)c1NC(=O)C(C)Oc1cccc2ccccc12. The van der Waals surface area contributed by atoms with Crippen LogP contribution in [0.15, 0.2) is 60.7 Å². The first-order chi connectivity index (χ1) is 12.5. The molecule has 134 valence electrons. The Bertz CT molecular complexity index is 925. The minimum atomic E-state index is -0.597. The van der Waals surface area contributed by atoms with Crippen LogP contribution < -0.4 is 10.1 Å². The second kappa shape index (κ2) is 7.61. The third-order valence-corrected chi connectivity index (χ3v) is 4.60. The van der Waals surface area contributed by atoms with E-state index in [1.54, 1.807) is 6.92 Å². The van der Waals surface area contributed by atoms with Gasteiger partial charge >= 0.3 is 0 Å². The highest BCUT2D eigenvalue weighted by Crippen LogP contribution is 2.29. The molecule has 0 radical (unpaired) electrons. The monoisotopic (exact) mass is 347 g/mol. The van der Waals surface area contributed by atoms with Crippen molar-refractivity contribution >= 4 is 22.4 Å². The number of fused-ring (bicyclic) bond motifs is 1. The summed E-state index contributed by atoms with van der Waals surface area (Å²) < 4.78 is 5.99. The number of anilines is 1. The van der Waals surface area contributed by atoms with Crippen molar-refractivity contribution in [1.82, 2.24) is 0 Å². The number of aryl methyl sites for hydroxylation is 1. The number of hydrogen-bond acceptors (Lipinski definition) is 2. The van der Waals surface area contributed by atoms with Gasteiger partial charge < -0.3 is 10.1 Å². The molecule has 26 heavy (non-hydrogen) atoms. The number of carbonyl (C=O) groups is 1. The summed E-state index contributed by atoms with van der Waals surface area (Å²) in [6.07, 6.45) is -0.597. The van der Waals surface area contributed by atoms with Gasteiger partial charge in [0.1, 0.15) is 5.75 Å². The molecule has 3 heteroatoms. The minimum Gasteiger partial charge on any atom is -0.480 e. The normalized spacial score (nSPS) is 12.2. The molecule has 3 aromatic rings. The van der Waals surface area contributed by atoms with Gasteiger partial charge in [0, 0.05) is 11.1 Å². The van der Waals surface area contributed by atoms with E-state index < -0.39 is 6.10 Å². The predicted octanol–water partition coefficient (Wildman–Crippen LogP) is 5.68. The van der Waals surface area contributed by atoms with E-state index in [0.717, 1.165) is 33.3 Å². The predicted molar refractivity (Wildman–Crippen MR) is 108 cm³/mol. The Morgan fingerprint density at radius 3 is 2.38 bits per heavy atom. The molecule has 1 atom stereocenters. The summed E-state index contributed by atoms with van der Waals surface area (Å²) in [5.41, 5.74) is 3.08. The molecule has 0 aliphatic rings. The van der Waals surface area contributed by atoms with Crippen molar-refractivity contribution in [1.29, 1.82) is 0 Å². The van der Waals surface area contributed by atoms with E-state index in [2.05, 4.69) is 25.2 Å². The van der Waals surface area contributed by atoms with Crippen molar-refractivity contribution in [2.45, 2.75) is 39.7 Å². The Balaban J connectivity index is 1.81. The first kappa shape index (κ1) is 18.0. The van der Waals surface area contributed by atoms with Crippen LogP contribution in [0.25, 0.3) is 10.8 Å². The van der Waals surface area contributed by atoms with Crippen molar-refractivity contribution in [3.8, 4) is 5.75 Å². The molecular weight excluding hydrogens is 322 g/mol. The van der Waals surface area contributed by atoms with Crippen molar-refractivity contribution in [3.63, 3.8) is 0 Å². The molecule has 0 saturated heterocycles. The summed E-state index contributed by atoms with van der Waals surface area (Å²) in [6, 6.07) is 20.0. The molecule has 0 bridgehead atoms. The van der Waals surface area contributed by atoms with Crippen LogP contribution in [0.3, 0.4) is 0 Å². The Kier molecular flexibility index (Phi) is 5.27.